The number of hydrogen-bond donors (Lipinski definition) is 1. The summed E-state index contributed by atoms with van der Waals surface area (Å²) in [5.41, 5.74) is -0.0917. The van der Waals surface area contributed by atoms with Crippen molar-refractivity contribution in [3.05, 3.63) is 53.9 Å². The molecule has 3 rings (SSSR count). The van der Waals surface area contributed by atoms with Gasteiger partial charge >= 0.3 is 5.69 Å². The van der Waals surface area contributed by atoms with Gasteiger partial charge in [-0.25, -0.2) is 9.48 Å². The van der Waals surface area contributed by atoms with E-state index in [0.717, 1.165) is 10.4 Å². The molecule has 0 spiro atoms. The van der Waals surface area contributed by atoms with E-state index in [0.29, 0.717) is 29.9 Å². The number of rotatable bonds is 8. The summed E-state index contributed by atoms with van der Waals surface area (Å²) < 4.78 is 14.4. The fourth-order valence-electron chi connectivity index (χ4n) is 2.97. The molecule has 0 atom stereocenters. The molecule has 10 heteroatoms. The Kier molecular flexibility index (Phi) is 5.78. The fourth-order valence-corrected chi connectivity index (χ4v) is 4.27. The van der Waals surface area contributed by atoms with E-state index in [1.807, 2.05) is 6.92 Å². The van der Waals surface area contributed by atoms with E-state index in [2.05, 4.69) is 5.10 Å². The quantitative estimate of drug-likeness (QED) is 0.595. The van der Waals surface area contributed by atoms with Gasteiger partial charge in [0.2, 0.25) is 0 Å². The third kappa shape index (κ3) is 3.55. The van der Waals surface area contributed by atoms with Crippen molar-refractivity contribution in [1.82, 2.24) is 18.9 Å². The maximum atomic E-state index is 13.0. The molecule has 1 N–H and O–H groups in total. The summed E-state index contributed by atoms with van der Waals surface area (Å²) in [6.07, 6.45) is 1.57. The van der Waals surface area contributed by atoms with Crippen molar-refractivity contribution >= 4 is 21.6 Å². The van der Waals surface area contributed by atoms with E-state index in [9.17, 15) is 14.4 Å². The van der Waals surface area contributed by atoms with Crippen LogP contribution in [0.5, 0.6) is 0 Å². The van der Waals surface area contributed by atoms with Crippen LogP contribution in [-0.4, -0.2) is 46.3 Å². The number of nitrogens with zero attached hydrogens (tertiary/aromatic N) is 3. The average Bonchev–Trinajstić information content (AvgIpc) is 3.19. The lowest BCUT2D eigenvalue weighted by molar-refractivity contribution is 0.179. The smallest absolute Gasteiger partial charge is 0.332 e. The van der Waals surface area contributed by atoms with Crippen molar-refractivity contribution in [3.8, 4) is 0 Å². The van der Waals surface area contributed by atoms with E-state index < -0.39 is 0 Å². The SMILES string of the molecule is COCCn1c(=O)c2c(C)c(Cn3[nH]ccc3=O)sc2n(CCOC)c1=O. The number of H-pyrrole nitrogens is 1. The predicted molar refractivity (Wildman–Crippen MR) is 103 cm³/mol. The monoisotopic (exact) mass is 394 g/mol. The molecule has 146 valence electrons. The fraction of sp³-hybridized carbons (Fsp3) is 0.471. The molecule has 0 fully saturated rings. The summed E-state index contributed by atoms with van der Waals surface area (Å²) in [5.74, 6) is 0. The van der Waals surface area contributed by atoms with Crippen molar-refractivity contribution in [2.45, 2.75) is 26.6 Å². The van der Waals surface area contributed by atoms with Gasteiger partial charge in [-0.15, -0.1) is 11.3 Å². The van der Waals surface area contributed by atoms with Gasteiger partial charge in [-0.2, -0.15) is 0 Å². The Hall–Kier alpha value is -2.43. The third-order valence-corrected chi connectivity index (χ3v) is 5.75. The Balaban J connectivity index is 2.22. The Morgan fingerprint density at radius 3 is 2.33 bits per heavy atom. The summed E-state index contributed by atoms with van der Waals surface area (Å²) in [7, 11) is 3.08. The summed E-state index contributed by atoms with van der Waals surface area (Å²) in [6.45, 7) is 3.28. The Morgan fingerprint density at radius 2 is 1.74 bits per heavy atom. The van der Waals surface area contributed by atoms with Crippen LogP contribution in [0.15, 0.2) is 26.6 Å². The molecule has 0 amide bonds. The lowest BCUT2D eigenvalue weighted by atomic mass is 10.2. The molecule has 0 unspecified atom stereocenters. The molecule has 3 aromatic rings. The van der Waals surface area contributed by atoms with Crippen LogP contribution in [0.1, 0.15) is 10.4 Å². The van der Waals surface area contributed by atoms with Crippen LogP contribution in [0.2, 0.25) is 0 Å². The second-order valence-electron chi connectivity index (χ2n) is 6.09. The molecule has 0 saturated carbocycles. The zero-order chi connectivity index (χ0) is 19.6. The van der Waals surface area contributed by atoms with Gasteiger partial charge in [0, 0.05) is 31.4 Å². The van der Waals surface area contributed by atoms with Gasteiger partial charge in [0.15, 0.2) is 0 Å². The van der Waals surface area contributed by atoms with Gasteiger partial charge in [-0.3, -0.25) is 18.7 Å². The molecular formula is C17H22N4O5S. The van der Waals surface area contributed by atoms with Gasteiger partial charge in [-0.05, 0) is 12.5 Å². The zero-order valence-electron chi connectivity index (χ0n) is 15.5. The second kappa shape index (κ2) is 8.07. The highest BCUT2D eigenvalue weighted by atomic mass is 32.1. The first-order valence-corrected chi connectivity index (χ1v) is 9.29. The van der Waals surface area contributed by atoms with Crippen molar-refractivity contribution in [3.63, 3.8) is 0 Å². The van der Waals surface area contributed by atoms with E-state index in [4.69, 9.17) is 9.47 Å². The van der Waals surface area contributed by atoms with Crippen molar-refractivity contribution in [2.75, 3.05) is 27.4 Å². The Bertz CT molecular complexity index is 1120. The van der Waals surface area contributed by atoms with Crippen LogP contribution < -0.4 is 16.8 Å². The molecule has 0 bridgehead atoms. The van der Waals surface area contributed by atoms with Crippen LogP contribution >= 0.6 is 11.3 Å². The molecule has 3 heterocycles. The molecule has 0 aliphatic rings. The summed E-state index contributed by atoms with van der Waals surface area (Å²) >= 11 is 1.35. The summed E-state index contributed by atoms with van der Waals surface area (Å²) in [5, 5.41) is 3.36. The Morgan fingerprint density at radius 1 is 1.07 bits per heavy atom. The van der Waals surface area contributed by atoms with Crippen LogP contribution in [0.4, 0.5) is 0 Å². The van der Waals surface area contributed by atoms with Crippen LogP contribution in [0.25, 0.3) is 10.2 Å². The van der Waals surface area contributed by atoms with Crippen LogP contribution in [-0.2, 0) is 29.1 Å². The molecule has 0 aliphatic carbocycles. The van der Waals surface area contributed by atoms with Crippen molar-refractivity contribution in [1.29, 1.82) is 0 Å². The maximum absolute atomic E-state index is 13.0. The zero-order valence-corrected chi connectivity index (χ0v) is 16.3. The molecule has 0 aromatic carbocycles. The number of aryl methyl sites for hydroxylation is 1. The number of nitrogens with one attached hydrogen (secondary N) is 1. The van der Waals surface area contributed by atoms with Crippen LogP contribution in [0, 0.1) is 6.92 Å². The minimum atomic E-state index is -0.383. The number of ether oxygens (including phenoxy) is 2. The molecule has 0 saturated heterocycles. The maximum Gasteiger partial charge on any atom is 0.332 e. The molecule has 0 aliphatic heterocycles. The van der Waals surface area contributed by atoms with E-state index in [-0.39, 0.29) is 30.0 Å². The van der Waals surface area contributed by atoms with E-state index in [1.165, 1.54) is 33.8 Å². The molecule has 3 aromatic heterocycles. The number of aromatic nitrogens is 4. The molecular weight excluding hydrogens is 372 g/mol. The topological polar surface area (TPSA) is 100 Å². The molecule has 27 heavy (non-hydrogen) atoms. The van der Waals surface area contributed by atoms with E-state index in [1.54, 1.807) is 17.9 Å². The van der Waals surface area contributed by atoms with Gasteiger partial charge in [0.25, 0.3) is 11.1 Å². The number of methoxy groups -OCH3 is 2. The number of aromatic amines is 1. The minimum Gasteiger partial charge on any atom is -0.383 e. The highest BCUT2D eigenvalue weighted by molar-refractivity contribution is 7.18. The highest BCUT2D eigenvalue weighted by Crippen LogP contribution is 2.28. The van der Waals surface area contributed by atoms with E-state index >= 15 is 0 Å². The van der Waals surface area contributed by atoms with Crippen molar-refractivity contribution < 1.29 is 9.47 Å². The first-order chi connectivity index (χ1) is 13.0. The number of hydrogen-bond acceptors (Lipinski definition) is 6. The summed E-state index contributed by atoms with van der Waals surface area (Å²) in [4.78, 5) is 39.1. The normalized spacial score (nSPS) is 11.5. The largest absolute Gasteiger partial charge is 0.383 e. The molecule has 9 nitrogen and oxygen atoms in total. The van der Waals surface area contributed by atoms with Gasteiger partial charge < -0.3 is 14.6 Å². The lowest BCUT2D eigenvalue weighted by Gasteiger charge is -2.11. The van der Waals surface area contributed by atoms with Crippen LogP contribution in [0.3, 0.4) is 0 Å². The first-order valence-electron chi connectivity index (χ1n) is 8.47. The standard InChI is InChI=1S/C17H22N4O5S/c1-11-12(10-21-13(22)4-5-18-21)27-16-14(11)15(23)19(6-8-25-2)17(24)20(16)7-9-26-3/h4-5,18H,6-10H2,1-3H3. The highest BCUT2D eigenvalue weighted by Gasteiger charge is 2.20. The number of fused-ring (bicyclic) bond motifs is 1. The van der Waals surface area contributed by atoms with Gasteiger partial charge in [-0.1, -0.05) is 0 Å². The van der Waals surface area contributed by atoms with Crippen molar-refractivity contribution in [2.24, 2.45) is 0 Å². The first kappa shape index (κ1) is 19.3. The van der Waals surface area contributed by atoms with Gasteiger partial charge in [0.05, 0.1) is 38.2 Å². The van der Waals surface area contributed by atoms with Gasteiger partial charge in [0.1, 0.15) is 4.83 Å². The average molecular weight is 394 g/mol. The Labute approximate surface area is 158 Å². The molecule has 0 radical (unpaired) electrons. The second-order valence-corrected chi connectivity index (χ2v) is 7.18. The lowest BCUT2D eigenvalue weighted by Crippen LogP contribution is -2.41. The summed E-state index contributed by atoms with van der Waals surface area (Å²) in [6, 6.07) is 1.44. The third-order valence-electron chi connectivity index (χ3n) is 4.46. The number of thiophene rings is 1. The minimum absolute atomic E-state index is 0.152. The predicted octanol–water partition coefficient (Wildman–Crippen LogP) is 0.364.